The van der Waals surface area contributed by atoms with E-state index < -0.39 is 0 Å². The Hall–Kier alpha value is -6.12. The summed E-state index contributed by atoms with van der Waals surface area (Å²) in [4.78, 5) is 0. The summed E-state index contributed by atoms with van der Waals surface area (Å²) in [6.07, 6.45) is 0. The molecular formula is C54H44O2. The molecule has 1 aliphatic heterocycles. The number of ether oxygens (including phenoxy) is 2. The van der Waals surface area contributed by atoms with Gasteiger partial charge in [-0.25, -0.2) is 0 Å². The van der Waals surface area contributed by atoms with E-state index in [4.69, 9.17) is 9.47 Å². The van der Waals surface area contributed by atoms with Gasteiger partial charge in [-0.1, -0.05) is 175 Å². The van der Waals surface area contributed by atoms with E-state index in [1.807, 2.05) is 0 Å². The number of fused-ring (bicyclic) bond motifs is 5. The van der Waals surface area contributed by atoms with E-state index in [0.717, 1.165) is 44.9 Å². The Morgan fingerprint density at radius 2 is 0.679 bits per heavy atom. The molecule has 0 radical (unpaired) electrons. The van der Waals surface area contributed by atoms with Crippen LogP contribution in [0.25, 0.3) is 98.0 Å². The summed E-state index contributed by atoms with van der Waals surface area (Å²) >= 11 is 0. The zero-order chi connectivity index (χ0) is 38.1. The van der Waals surface area contributed by atoms with Gasteiger partial charge in [-0.2, -0.15) is 0 Å². The van der Waals surface area contributed by atoms with Crippen LogP contribution in [-0.2, 0) is 10.8 Å². The van der Waals surface area contributed by atoms with E-state index in [9.17, 15) is 0 Å². The minimum absolute atomic E-state index is 0.0261. The fourth-order valence-electron chi connectivity index (χ4n) is 9.63. The lowest BCUT2D eigenvalue weighted by atomic mass is 9.78. The van der Waals surface area contributed by atoms with E-state index in [-0.39, 0.29) is 10.8 Å². The van der Waals surface area contributed by atoms with Crippen molar-refractivity contribution in [2.24, 2.45) is 0 Å². The van der Waals surface area contributed by atoms with Crippen LogP contribution in [-0.4, -0.2) is 13.2 Å². The van der Waals surface area contributed by atoms with E-state index >= 15 is 0 Å². The Bertz CT molecular complexity index is 2920. The molecule has 0 unspecified atom stereocenters. The first-order valence-corrected chi connectivity index (χ1v) is 20.0. The highest BCUT2D eigenvalue weighted by molar-refractivity contribution is 6.34. The molecule has 0 N–H and O–H groups in total. The van der Waals surface area contributed by atoms with Gasteiger partial charge in [0.05, 0.1) is 0 Å². The van der Waals surface area contributed by atoms with Crippen molar-refractivity contribution in [3.8, 4) is 44.9 Å². The molecule has 0 aliphatic carbocycles. The zero-order valence-corrected chi connectivity index (χ0v) is 32.9. The normalized spacial score (nSPS) is 13.7. The molecule has 272 valence electrons. The molecule has 0 bridgehead atoms. The van der Waals surface area contributed by atoms with Crippen molar-refractivity contribution < 1.29 is 9.47 Å². The first-order chi connectivity index (χ1) is 27.1. The molecule has 1 aliphatic rings. The molecule has 0 amide bonds. The van der Waals surface area contributed by atoms with E-state index in [1.165, 1.54) is 75.8 Å². The highest BCUT2D eigenvalue weighted by Crippen LogP contribution is 2.58. The van der Waals surface area contributed by atoms with Crippen LogP contribution in [0.2, 0.25) is 0 Å². The number of hydrogen-bond acceptors (Lipinski definition) is 2. The maximum atomic E-state index is 7.05. The topological polar surface area (TPSA) is 18.5 Å². The quantitative estimate of drug-likeness (QED) is 0.165. The fourth-order valence-corrected chi connectivity index (χ4v) is 9.63. The first-order valence-electron chi connectivity index (χ1n) is 20.0. The molecule has 0 fully saturated rings. The molecule has 0 aromatic heterocycles. The Balaban J connectivity index is 1.39. The van der Waals surface area contributed by atoms with Gasteiger partial charge in [-0.05, 0) is 97.7 Å². The summed E-state index contributed by atoms with van der Waals surface area (Å²) < 4.78 is 14.1. The highest BCUT2D eigenvalue weighted by Gasteiger charge is 2.32. The van der Waals surface area contributed by atoms with Crippen molar-refractivity contribution in [3.63, 3.8) is 0 Å². The van der Waals surface area contributed by atoms with Gasteiger partial charge in [0.15, 0.2) is 0 Å². The number of rotatable bonds is 2. The maximum Gasteiger partial charge on any atom is 0.136 e. The maximum absolute atomic E-state index is 7.05. The second-order valence-electron chi connectivity index (χ2n) is 17.9. The molecule has 1 heterocycles. The summed E-state index contributed by atoms with van der Waals surface area (Å²) in [6.45, 7) is 14.7. The molecule has 2 nitrogen and oxygen atoms in total. The van der Waals surface area contributed by atoms with Gasteiger partial charge < -0.3 is 9.47 Å². The Morgan fingerprint density at radius 3 is 1.00 bits per heavy atom. The third-order valence-electron chi connectivity index (χ3n) is 12.4. The molecule has 0 atom stereocenters. The lowest BCUT2D eigenvalue weighted by Crippen LogP contribution is -2.15. The van der Waals surface area contributed by atoms with Gasteiger partial charge in [0, 0.05) is 22.3 Å². The van der Waals surface area contributed by atoms with E-state index in [0.29, 0.717) is 13.2 Å². The average Bonchev–Trinajstić information content (AvgIpc) is 3.19. The van der Waals surface area contributed by atoms with Gasteiger partial charge in [-0.15, -0.1) is 0 Å². The standard InChI is InChI=1S/C54H44O2/c1-53(2,3)37-27-33-17-21-39-45(31-13-9-7-10-14-31)51-49(41-23-19-35(29-37)43(33)47(39)41)50-42-24-20-36-30-38(54(4,5)6)28-34-18-22-40(48(42)44(34)36)46(32-15-11-8-12-16-32)52(50)56-26-25-55-51/h7-24,27-30H,25-26H2,1-6H3. The molecule has 0 saturated carbocycles. The molecule has 11 rings (SSSR count). The van der Waals surface area contributed by atoms with Crippen molar-refractivity contribution in [2.75, 3.05) is 13.2 Å². The monoisotopic (exact) mass is 724 g/mol. The molecule has 10 aromatic rings. The predicted octanol–water partition coefficient (Wildman–Crippen LogP) is 14.8. The Labute approximate surface area is 328 Å². The highest BCUT2D eigenvalue weighted by atomic mass is 16.5. The van der Waals surface area contributed by atoms with Crippen LogP contribution in [0.4, 0.5) is 0 Å². The van der Waals surface area contributed by atoms with Crippen LogP contribution in [0.15, 0.2) is 133 Å². The summed E-state index contributed by atoms with van der Waals surface area (Å²) in [5.41, 5.74) is 9.51. The van der Waals surface area contributed by atoms with Crippen molar-refractivity contribution in [2.45, 2.75) is 52.4 Å². The smallest absolute Gasteiger partial charge is 0.136 e. The van der Waals surface area contributed by atoms with Crippen molar-refractivity contribution >= 4 is 64.6 Å². The van der Waals surface area contributed by atoms with Crippen LogP contribution < -0.4 is 9.47 Å². The van der Waals surface area contributed by atoms with Gasteiger partial charge in [-0.3, -0.25) is 0 Å². The summed E-state index contributed by atoms with van der Waals surface area (Å²) in [5, 5.41) is 15.0. The lowest BCUT2D eigenvalue weighted by molar-refractivity contribution is 0.216. The van der Waals surface area contributed by atoms with Gasteiger partial charge in [0.25, 0.3) is 0 Å². The van der Waals surface area contributed by atoms with Crippen molar-refractivity contribution in [3.05, 3.63) is 145 Å². The lowest BCUT2D eigenvalue weighted by Gasteiger charge is -2.30. The van der Waals surface area contributed by atoms with Crippen LogP contribution in [0.5, 0.6) is 11.5 Å². The molecule has 10 aromatic carbocycles. The second kappa shape index (κ2) is 11.7. The van der Waals surface area contributed by atoms with Crippen LogP contribution in [0, 0.1) is 0 Å². The largest absolute Gasteiger partial charge is 0.489 e. The Morgan fingerprint density at radius 1 is 0.357 bits per heavy atom. The van der Waals surface area contributed by atoms with Crippen molar-refractivity contribution in [1.82, 2.24) is 0 Å². The number of benzene rings is 10. The van der Waals surface area contributed by atoms with Gasteiger partial charge in [0.2, 0.25) is 0 Å². The average molecular weight is 725 g/mol. The molecule has 2 heteroatoms. The SMILES string of the molecule is CC(C)(C)c1cc2ccc3c(-c4ccccc4)c4c(c5ccc(c1)c2c35)-c1c(c(-c2ccccc2)c2ccc3cc(C(C)(C)C)cc5ccc1c2c35)OCCO4. The van der Waals surface area contributed by atoms with Crippen LogP contribution >= 0.6 is 0 Å². The molecule has 56 heavy (non-hydrogen) atoms. The summed E-state index contributed by atoms with van der Waals surface area (Å²) in [6, 6.07) is 50.0. The second-order valence-corrected chi connectivity index (χ2v) is 17.9. The minimum atomic E-state index is 0.0261. The summed E-state index contributed by atoms with van der Waals surface area (Å²) in [7, 11) is 0. The predicted molar refractivity (Wildman–Crippen MR) is 239 cm³/mol. The third-order valence-corrected chi connectivity index (χ3v) is 12.4. The van der Waals surface area contributed by atoms with Gasteiger partial charge in [0.1, 0.15) is 24.7 Å². The minimum Gasteiger partial charge on any atom is -0.489 e. The third kappa shape index (κ3) is 4.75. The molecular weight excluding hydrogens is 681 g/mol. The van der Waals surface area contributed by atoms with Crippen LogP contribution in [0.3, 0.4) is 0 Å². The summed E-state index contributed by atoms with van der Waals surface area (Å²) in [5.74, 6) is 1.84. The zero-order valence-electron chi connectivity index (χ0n) is 32.9. The molecule has 0 spiro atoms. The van der Waals surface area contributed by atoms with Crippen molar-refractivity contribution in [1.29, 1.82) is 0 Å². The Kier molecular flexibility index (Phi) is 6.94. The molecule has 0 saturated heterocycles. The van der Waals surface area contributed by atoms with E-state index in [2.05, 4.69) is 175 Å². The van der Waals surface area contributed by atoms with Crippen LogP contribution in [0.1, 0.15) is 52.7 Å². The fraction of sp³-hybridized carbons (Fsp3) is 0.185. The van der Waals surface area contributed by atoms with E-state index in [1.54, 1.807) is 0 Å². The number of hydrogen-bond donors (Lipinski definition) is 0. The first kappa shape index (κ1) is 33.2. The van der Waals surface area contributed by atoms with Gasteiger partial charge >= 0.3 is 0 Å².